The third-order valence-electron chi connectivity index (χ3n) is 11.8. The van der Waals surface area contributed by atoms with E-state index in [2.05, 4.69) is 152 Å². The summed E-state index contributed by atoms with van der Waals surface area (Å²) in [6.07, 6.45) is 4.33. The Kier molecular flexibility index (Phi) is 8.13. The van der Waals surface area contributed by atoms with Gasteiger partial charge in [0.2, 0.25) is 0 Å². The van der Waals surface area contributed by atoms with Crippen LogP contribution in [-0.2, 0) is 0 Å². The second-order valence-corrected chi connectivity index (χ2v) is 16.5. The van der Waals surface area contributed by atoms with Crippen LogP contribution in [-0.4, -0.2) is 15.0 Å². The Balaban J connectivity index is 1.14. The van der Waals surface area contributed by atoms with Gasteiger partial charge in [-0.15, -0.1) is 11.3 Å². The highest BCUT2D eigenvalue weighted by Gasteiger charge is 2.21. The molecule has 11 aromatic rings. The van der Waals surface area contributed by atoms with E-state index in [-0.39, 0.29) is 0 Å². The molecule has 282 valence electrons. The third-order valence-corrected chi connectivity index (χ3v) is 13.0. The maximum absolute atomic E-state index is 6.67. The molecular weight excluding hydrogens is 751 g/mol. The van der Waals surface area contributed by atoms with Crippen LogP contribution in [0.1, 0.15) is 18.4 Å². The monoisotopic (exact) mass is 785 g/mol. The van der Waals surface area contributed by atoms with Crippen molar-refractivity contribution in [3.05, 3.63) is 197 Å². The molecule has 4 nitrogen and oxygen atoms in total. The molecule has 12 rings (SSSR count). The standard InChI is InChI=1S/C55H35N3OS/c1-3-14-34(15-4-1)35-26-28-36(29-27-35)47-33-48(58-55(57-47)37-16-5-2-6-17-37)39-30-38(41-21-13-22-43-42-18-9-12-25-50(42)60-54(41)43)31-40(32-39)52-51-45-20-8-11-24-49(45)59-53(51)44-19-7-10-23-46(44)56-52/h1-12,14-20,22-33H,13,21H2. The van der Waals surface area contributed by atoms with Gasteiger partial charge in [0, 0.05) is 42.3 Å². The van der Waals surface area contributed by atoms with Crippen LogP contribution in [0, 0.1) is 0 Å². The summed E-state index contributed by atoms with van der Waals surface area (Å²) in [4.78, 5) is 16.0. The predicted octanol–water partition coefficient (Wildman–Crippen LogP) is 13.2. The van der Waals surface area contributed by atoms with E-state index >= 15 is 0 Å². The van der Waals surface area contributed by atoms with Crippen LogP contribution in [0.4, 0.5) is 0 Å². The minimum Gasteiger partial charge on any atom is -0.455 e. The van der Waals surface area contributed by atoms with Gasteiger partial charge in [-0.25, -0.2) is 15.0 Å². The second-order valence-electron chi connectivity index (χ2n) is 15.4. The number of rotatable bonds is 6. The number of furan rings is 1. The van der Waals surface area contributed by atoms with Crippen LogP contribution in [0.15, 0.2) is 186 Å². The lowest BCUT2D eigenvalue weighted by Crippen LogP contribution is -2.25. The largest absolute Gasteiger partial charge is 0.455 e. The van der Waals surface area contributed by atoms with Gasteiger partial charge >= 0.3 is 0 Å². The highest BCUT2D eigenvalue weighted by Crippen LogP contribution is 2.42. The molecule has 0 atom stereocenters. The molecule has 5 heteroatoms. The van der Waals surface area contributed by atoms with Gasteiger partial charge in [0.1, 0.15) is 11.2 Å². The molecule has 0 saturated carbocycles. The van der Waals surface area contributed by atoms with Crippen molar-refractivity contribution in [2.24, 2.45) is 0 Å². The average Bonchev–Trinajstić information content (AvgIpc) is 3.91. The first kappa shape index (κ1) is 34.6. The normalized spacial score (nSPS) is 12.6. The highest BCUT2D eigenvalue weighted by atomic mass is 32.1. The van der Waals surface area contributed by atoms with Crippen molar-refractivity contribution in [2.45, 2.75) is 12.8 Å². The second kappa shape index (κ2) is 14.1. The molecule has 0 radical (unpaired) electrons. The smallest absolute Gasteiger partial charge is 0.160 e. The van der Waals surface area contributed by atoms with Gasteiger partial charge in [0.25, 0.3) is 0 Å². The summed E-state index contributed by atoms with van der Waals surface area (Å²) in [7, 11) is 0. The van der Waals surface area contributed by atoms with E-state index in [0.717, 1.165) is 90.6 Å². The third kappa shape index (κ3) is 5.85. The van der Waals surface area contributed by atoms with Crippen molar-refractivity contribution >= 4 is 65.9 Å². The van der Waals surface area contributed by atoms with Crippen molar-refractivity contribution in [1.82, 2.24) is 15.0 Å². The van der Waals surface area contributed by atoms with Crippen LogP contribution >= 0.6 is 11.3 Å². The Morgan fingerprint density at radius 3 is 1.90 bits per heavy atom. The Hall–Kier alpha value is -7.47. The number of aromatic nitrogens is 3. The fourth-order valence-electron chi connectivity index (χ4n) is 8.87. The van der Waals surface area contributed by atoms with E-state index in [0.29, 0.717) is 5.82 Å². The van der Waals surface area contributed by atoms with E-state index in [1.165, 1.54) is 36.5 Å². The number of thiophene rings is 1. The number of para-hydroxylation sites is 2. The topological polar surface area (TPSA) is 51.8 Å². The molecule has 0 fully saturated rings. The number of fused-ring (bicyclic) bond motifs is 8. The number of nitrogens with zero attached hydrogens (tertiary/aromatic N) is 3. The van der Waals surface area contributed by atoms with Crippen molar-refractivity contribution in [3.8, 4) is 56.3 Å². The minimum absolute atomic E-state index is 0.681. The average molecular weight is 786 g/mol. The van der Waals surface area contributed by atoms with E-state index in [9.17, 15) is 0 Å². The summed E-state index contributed by atoms with van der Waals surface area (Å²) in [5.74, 6) is 0.681. The maximum Gasteiger partial charge on any atom is 0.160 e. The minimum atomic E-state index is 0.681. The van der Waals surface area contributed by atoms with Crippen LogP contribution in [0.2, 0.25) is 0 Å². The quantitative estimate of drug-likeness (QED) is 0.168. The van der Waals surface area contributed by atoms with Crippen LogP contribution < -0.4 is 9.75 Å². The number of pyridine rings is 1. The lowest BCUT2D eigenvalue weighted by atomic mass is 9.91. The van der Waals surface area contributed by atoms with Crippen molar-refractivity contribution < 1.29 is 4.42 Å². The predicted molar refractivity (Wildman–Crippen MR) is 249 cm³/mol. The first-order chi connectivity index (χ1) is 29.7. The Morgan fingerprint density at radius 1 is 0.467 bits per heavy atom. The van der Waals surface area contributed by atoms with Crippen molar-refractivity contribution in [1.29, 1.82) is 0 Å². The van der Waals surface area contributed by atoms with E-state index in [4.69, 9.17) is 19.4 Å². The molecule has 60 heavy (non-hydrogen) atoms. The van der Waals surface area contributed by atoms with E-state index in [1.54, 1.807) is 0 Å². The van der Waals surface area contributed by atoms with E-state index < -0.39 is 0 Å². The molecule has 0 amide bonds. The molecule has 0 saturated heterocycles. The molecule has 1 aliphatic rings. The molecule has 1 aliphatic carbocycles. The Morgan fingerprint density at radius 2 is 1.08 bits per heavy atom. The van der Waals surface area contributed by atoms with Gasteiger partial charge < -0.3 is 4.42 Å². The van der Waals surface area contributed by atoms with Crippen molar-refractivity contribution in [2.75, 3.05) is 0 Å². The lowest BCUT2D eigenvalue weighted by molar-refractivity contribution is 0.672. The molecule has 4 heterocycles. The van der Waals surface area contributed by atoms with Gasteiger partial charge in [-0.2, -0.15) is 0 Å². The Labute approximate surface area is 350 Å². The van der Waals surface area contributed by atoms with E-state index in [1.807, 2.05) is 47.7 Å². The summed E-state index contributed by atoms with van der Waals surface area (Å²) in [5.41, 5.74) is 14.1. The zero-order valence-corrected chi connectivity index (χ0v) is 33.3. The number of hydrogen-bond acceptors (Lipinski definition) is 5. The molecule has 0 spiro atoms. The molecule has 0 N–H and O–H groups in total. The molecule has 4 aromatic heterocycles. The first-order valence-electron chi connectivity index (χ1n) is 20.4. The Bertz CT molecular complexity index is 3590. The van der Waals surface area contributed by atoms with Gasteiger partial charge in [0.15, 0.2) is 5.82 Å². The molecular formula is C55H35N3OS. The summed E-state index contributed by atoms with van der Waals surface area (Å²) < 4.78 is 9.31. The summed E-state index contributed by atoms with van der Waals surface area (Å²) in [6.45, 7) is 0. The fourth-order valence-corrected chi connectivity index (χ4v) is 10.2. The molecule has 0 aliphatic heterocycles. The maximum atomic E-state index is 6.67. The van der Waals surface area contributed by atoms with Gasteiger partial charge in [-0.05, 0) is 94.2 Å². The lowest BCUT2D eigenvalue weighted by Gasteiger charge is -2.16. The van der Waals surface area contributed by atoms with Gasteiger partial charge in [0.05, 0.1) is 28.0 Å². The molecule has 0 unspecified atom stereocenters. The fraction of sp³-hybridized carbons (Fsp3) is 0.0364. The number of hydrogen-bond donors (Lipinski definition) is 0. The van der Waals surface area contributed by atoms with Crippen molar-refractivity contribution in [3.63, 3.8) is 0 Å². The van der Waals surface area contributed by atoms with Crippen LogP contribution in [0.5, 0.6) is 0 Å². The zero-order chi connectivity index (χ0) is 39.6. The highest BCUT2D eigenvalue weighted by molar-refractivity contribution is 7.17. The number of benzene rings is 7. The molecule has 7 aromatic carbocycles. The molecule has 0 bridgehead atoms. The SMILES string of the molecule is C1=c2c(sc3ccccc23)=C(c2cc(-c3cc(-c4ccc(-c5ccccc5)cc4)nc(-c4ccccc4)n3)cc(-c3nc4ccccc4c4oc5ccccc5c34)c2)CC1. The van der Waals surface area contributed by atoms with Crippen LogP contribution in [0.25, 0.3) is 111 Å². The van der Waals surface area contributed by atoms with Crippen LogP contribution in [0.3, 0.4) is 0 Å². The zero-order valence-electron chi connectivity index (χ0n) is 32.5. The summed E-state index contributed by atoms with van der Waals surface area (Å²) in [6, 6.07) is 64.0. The van der Waals surface area contributed by atoms with Gasteiger partial charge in [-0.3, -0.25) is 0 Å². The van der Waals surface area contributed by atoms with Gasteiger partial charge in [-0.1, -0.05) is 140 Å². The first-order valence-corrected chi connectivity index (χ1v) is 21.2. The summed E-state index contributed by atoms with van der Waals surface area (Å²) >= 11 is 1.89. The summed E-state index contributed by atoms with van der Waals surface area (Å²) in [5, 5.41) is 5.73.